The molecule has 0 aromatic carbocycles. The number of nitrogens with zero attached hydrogens (tertiary/aromatic N) is 2. The molecule has 0 aliphatic carbocycles. The molecule has 2 N–H and O–H groups in total. The van der Waals surface area contributed by atoms with Crippen LogP contribution in [-0.2, 0) is 4.84 Å². The number of carboxylic acid groups (broad SMARTS) is 1. The van der Waals surface area contributed by atoms with E-state index in [-0.39, 0.29) is 24.9 Å². The van der Waals surface area contributed by atoms with E-state index < -0.39 is 16.6 Å². The molecule has 10 heteroatoms. The maximum absolute atomic E-state index is 10.9. The summed E-state index contributed by atoms with van der Waals surface area (Å²) in [6, 6.07) is 0. The molecular weight excluding hydrogens is 242 g/mol. The second-order valence-electron chi connectivity index (χ2n) is 2.77. The van der Waals surface area contributed by atoms with Crippen molar-refractivity contribution in [3.05, 3.63) is 10.1 Å². The van der Waals surface area contributed by atoms with Crippen LogP contribution in [0.25, 0.3) is 0 Å². The van der Waals surface area contributed by atoms with Crippen LogP contribution in [0.15, 0.2) is 0 Å². The molecule has 2 amide bonds. The maximum Gasteiger partial charge on any atom is 0.408 e. The molecule has 0 aromatic rings. The van der Waals surface area contributed by atoms with Crippen LogP contribution in [0.3, 0.4) is 0 Å². The van der Waals surface area contributed by atoms with E-state index in [9.17, 15) is 19.7 Å². The summed E-state index contributed by atoms with van der Waals surface area (Å²) < 4.78 is 0. The predicted molar refractivity (Wildman–Crippen MR) is 52.5 cm³/mol. The number of carbonyl (C=O) groups is 2. The first kappa shape index (κ1) is 12.4. The lowest BCUT2D eigenvalue weighted by atomic mass is 10.5. The average molecular weight is 251 g/mol. The zero-order valence-electron chi connectivity index (χ0n) is 7.99. The van der Waals surface area contributed by atoms with Gasteiger partial charge in [-0.2, -0.15) is 0 Å². The summed E-state index contributed by atoms with van der Waals surface area (Å²) in [4.78, 5) is 36.5. The lowest BCUT2D eigenvalue weighted by Crippen LogP contribution is -2.41. The lowest BCUT2D eigenvalue weighted by Gasteiger charge is -2.23. The predicted octanol–water partition coefficient (Wildman–Crippen LogP) is -0.0428. The van der Waals surface area contributed by atoms with Gasteiger partial charge < -0.3 is 15.3 Å². The molecule has 1 fully saturated rings. The number of amides is 2. The third-order valence-corrected chi connectivity index (χ3v) is 2.84. The fourth-order valence-electron chi connectivity index (χ4n) is 1.13. The summed E-state index contributed by atoms with van der Waals surface area (Å²) in [7, 11) is 0. The molecule has 90 valence electrons. The van der Waals surface area contributed by atoms with E-state index in [1.54, 1.807) is 0 Å². The third kappa shape index (κ3) is 3.46. The van der Waals surface area contributed by atoms with Gasteiger partial charge in [-0.25, -0.2) is 4.79 Å². The van der Waals surface area contributed by atoms with Crippen molar-refractivity contribution < 1.29 is 24.6 Å². The van der Waals surface area contributed by atoms with Crippen LogP contribution in [-0.4, -0.2) is 51.5 Å². The molecule has 1 aliphatic rings. The number of carbonyl (C=O) groups excluding carboxylic acids is 1. The molecule has 1 saturated heterocycles. The van der Waals surface area contributed by atoms with Gasteiger partial charge in [-0.05, 0) is 11.8 Å². The van der Waals surface area contributed by atoms with Gasteiger partial charge in [0.1, 0.15) is 12.0 Å². The van der Waals surface area contributed by atoms with Gasteiger partial charge in [0.25, 0.3) is 10.3 Å². The van der Waals surface area contributed by atoms with Crippen LogP contribution < -0.4 is 5.32 Å². The van der Waals surface area contributed by atoms with Crippen molar-refractivity contribution in [3.8, 4) is 0 Å². The number of hydrogen-bond donors (Lipinski definition) is 2. The van der Waals surface area contributed by atoms with Gasteiger partial charge in [-0.1, -0.05) is 0 Å². The molecule has 0 radical (unpaired) electrons. The highest BCUT2D eigenvalue weighted by Crippen LogP contribution is 2.21. The number of thioether (sulfide) groups is 1. The topological polar surface area (TPSA) is 122 Å². The van der Waals surface area contributed by atoms with Crippen LogP contribution in [0, 0.1) is 10.1 Å². The molecule has 1 heterocycles. The van der Waals surface area contributed by atoms with Crippen molar-refractivity contribution in [3.63, 3.8) is 0 Å². The molecule has 0 aromatic heterocycles. The Labute approximate surface area is 93.8 Å². The first-order chi connectivity index (χ1) is 7.50. The van der Waals surface area contributed by atoms with Gasteiger partial charge >= 0.3 is 6.09 Å². The van der Waals surface area contributed by atoms with Gasteiger partial charge in [0.05, 0.1) is 0 Å². The van der Waals surface area contributed by atoms with Crippen LogP contribution in [0.1, 0.15) is 0 Å². The Morgan fingerprint density at radius 1 is 1.81 bits per heavy atom. The monoisotopic (exact) mass is 251 g/mol. The van der Waals surface area contributed by atoms with Gasteiger partial charge in [0.15, 0.2) is 0 Å². The zero-order valence-corrected chi connectivity index (χ0v) is 8.81. The van der Waals surface area contributed by atoms with E-state index in [0.717, 1.165) is 16.7 Å². The highest BCUT2D eigenvalue weighted by molar-refractivity contribution is 8.14. The second kappa shape index (κ2) is 5.39. The Morgan fingerprint density at radius 3 is 2.94 bits per heavy atom. The van der Waals surface area contributed by atoms with Crippen molar-refractivity contribution >= 4 is 23.1 Å². The first-order valence-corrected chi connectivity index (χ1v) is 5.10. The highest BCUT2D eigenvalue weighted by Gasteiger charge is 2.31. The Bertz CT molecular complexity index is 311. The Balaban J connectivity index is 2.44. The van der Waals surface area contributed by atoms with E-state index in [1.165, 1.54) is 0 Å². The van der Waals surface area contributed by atoms with Gasteiger partial charge in [-0.15, -0.1) is 10.1 Å². The fraction of sp³-hybridized carbons (Fsp3) is 0.667. The fourth-order valence-corrected chi connectivity index (χ4v) is 2.03. The van der Waals surface area contributed by atoms with Gasteiger partial charge in [0.2, 0.25) is 0 Å². The molecule has 16 heavy (non-hydrogen) atoms. The molecule has 1 unspecified atom stereocenters. The summed E-state index contributed by atoms with van der Waals surface area (Å²) in [5, 5.41) is 19.3. The van der Waals surface area contributed by atoms with E-state index in [0.29, 0.717) is 0 Å². The zero-order chi connectivity index (χ0) is 12.1. The van der Waals surface area contributed by atoms with Crippen molar-refractivity contribution in [2.75, 3.05) is 19.7 Å². The van der Waals surface area contributed by atoms with Crippen molar-refractivity contribution in [2.24, 2.45) is 0 Å². The second-order valence-corrected chi connectivity index (χ2v) is 3.92. The molecule has 1 rings (SSSR count). The maximum atomic E-state index is 10.9. The third-order valence-electron chi connectivity index (χ3n) is 1.79. The molecule has 9 nitrogen and oxygen atoms in total. The van der Waals surface area contributed by atoms with Crippen LogP contribution in [0.5, 0.6) is 0 Å². The van der Waals surface area contributed by atoms with E-state index >= 15 is 0 Å². The van der Waals surface area contributed by atoms with E-state index in [4.69, 9.17) is 5.11 Å². The number of hydrogen-bond acceptors (Lipinski definition) is 6. The van der Waals surface area contributed by atoms with Crippen LogP contribution in [0.4, 0.5) is 9.59 Å². The smallest absolute Gasteiger partial charge is 0.408 e. The first-order valence-electron chi connectivity index (χ1n) is 4.22. The Kier molecular flexibility index (Phi) is 4.17. The molecular formula is C6H9N3O6S. The molecule has 1 aliphatic heterocycles. The number of rotatable bonds is 5. The number of nitrogens with one attached hydrogen (secondary N) is 1. The summed E-state index contributed by atoms with van der Waals surface area (Å²) in [5.74, 6) is 0. The molecule has 0 spiro atoms. The summed E-state index contributed by atoms with van der Waals surface area (Å²) >= 11 is 0.830. The van der Waals surface area contributed by atoms with E-state index in [1.807, 2.05) is 0 Å². The van der Waals surface area contributed by atoms with E-state index in [2.05, 4.69) is 10.2 Å². The molecule has 1 atom stereocenters. The van der Waals surface area contributed by atoms with Gasteiger partial charge in [-0.3, -0.25) is 9.69 Å². The van der Waals surface area contributed by atoms with Crippen LogP contribution in [0.2, 0.25) is 0 Å². The minimum absolute atomic E-state index is 0.164. The Morgan fingerprint density at radius 2 is 2.50 bits per heavy atom. The largest absolute Gasteiger partial charge is 0.465 e. The lowest BCUT2D eigenvalue weighted by molar-refractivity contribution is -0.757. The standard InChI is InChI=1S/C6H9N3O6S/c10-5-7-3-4(16-5)8(6(11)12)1-2-15-9(13)14/h4H,1-3H2,(H,7,10)(H,11,12). The highest BCUT2D eigenvalue weighted by atomic mass is 32.2. The Hall–Kier alpha value is -1.71. The molecule has 0 saturated carbocycles. The van der Waals surface area contributed by atoms with Gasteiger partial charge in [0, 0.05) is 13.1 Å². The minimum Gasteiger partial charge on any atom is -0.465 e. The van der Waals surface area contributed by atoms with Crippen molar-refractivity contribution in [1.82, 2.24) is 10.2 Å². The van der Waals surface area contributed by atoms with Crippen molar-refractivity contribution in [1.29, 1.82) is 0 Å². The average Bonchev–Trinajstić information content (AvgIpc) is 2.58. The van der Waals surface area contributed by atoms with Crippen molar-refractivity contribution in [2.45, 2.75) is 5.37 Å². The minimum atomic E-state index is -1.25. The SMILES string of the molecule is O=C1NCC(N(CCO[N+](=O)[O-])C(=O)O)S1. The normalized spacial score (nSPS) is 19.0. The summed E-state index contributed by atoms with van der Waals surface area (Å²) in [5.41, 5.74) is 0. The molecule has 0 bridgehead atoms. The quantitative estimate of drug-likeness (QED) is 0.519. The summed E-state index contributed by atoms with van der Waals surface area (Å²) in [6.07, 6.45) is -1.25. The summed E-state index contributed by atoms with van der Waals surface area (Å²) in [6.45, 7) is -0.332. The van der Waals surface area contributed by atoms with Crippen LogP contribution >= 0.6 is 11.8 Å².